The Morgan fingerprint density at radius 1 is 1.33 bits per heavy atom. The second-order valence-electron chi connectivity index (χ2n) is 2.54. The average Bonchev–Trinajstić information content (AvgIpc) is 1.80. The molecule has 0 bridgehead atoms. The Morgan fingerprint density at radius 2 is 2.00 bits per heavy atom. The highest BCUT2D eigenvalue weighted by atomic mass is 16.7. The van der Waals surface area contributed by atoms with Crippen LogP contribution >= 0.6 is 0 Å². The first-order valence-electron chi connectivity index (χ1n) is 3.21. The van der Waals surface area contributed by atoms with E-state index in [2.05, 4.69) is 0 Å². The largest absolute Gasteiger partial charge is 0.368 e. The van der Waals surface area contributed by atoms with Crippen LogP contribution in [0.3, 0.4) is 0 Å². The van der Waals surface area contributed by atoms with Gasteiger partial charge in [0.05, 0.1) is 0 Å². The van der Waals surface area contributed by atoms with E-state index in [1.807, 2.05) is 6.92 Å². The quantitative estimate of drug-likeness (QED) is 0.490. The third-order valence-corrected chi connectivity index (χ3v) is 1.65. The molecule has 1 aliphatic rings. The van der Waals surface area contributed by atoms with E-state index < -0.39 is 12.6 Å². The molecule has 54 valence electrons. The van der Waals surface area contributed by atoms with E-state index in [0.717, 1.165) is 6.42 Å². The van der Waals surface area contributed by atoms with Gasteiger partial charge in [-0.15, -0.1) is 0 Å². The van der Waals surface area contributed by atoms with Crippen molar-refractivity contribution in [2.45, 2.75) is 32.3 Å². The van der Waals surface area contributed by atoms with E-state index in [0.29, 0.717) is 6.42 Å². The molecule has 1 aliphatic heterocycles. The fourth-order valence-electron chi connectivity index (χ4n) is 0.911. The van der Waals surface area contributed by atoms with Crippen molar-refractivity contribution in [2.75, 3.05) is 0 Å². The van der Waals surface area contributed by atoms with Crippen molar-refractivity contribution in [2.24, 2.45) is 5.92 Å². The molecule has 3 atom stereocenters. The van der Waals surface area contributed by atoms with Crippen molar-refractivity contribution >= 4 is 0 Å². The van der Waals surface area contributed by atoms with Gasteiger partial charge in [0, 0.05) is 5.92 Å². The molecule has 0 aromatic rings. The molecule has 0 radical (unpaired) electrons. The van der Waals surface area contributed by atoms with E-state index in [9.17, 15) is 0 Å². The van der Waals surface area contributed by atoms with Crippen molar-refractivity contribution in [3.05, 3.63) is 0 Å². The highest BCUT2D eigenvalue weighted by molar-refractivity contribution is 4.63. The van der Waals surface area contributed by atoms with E-state index in [-0.39, 0.29) is 5.92 Å². The predicted molar refractivity (Wildman–Crippen MR) is 31.5 cm³/mol. The number of aliphatic hydroxyl groups is 2. The van der Waals surface area contributed by atoms with Gasteiger partial charge in [0.25, 0.3) is 0 Å². The average molecular weight is 132 g/mol. The van der Waals surface area contributed by atoms with Crippen LogP contribution in [0.2, 0.25) is 0 Å². The third kappa shape index (κ3) is 1.64. The molecule has 3 heteroatoms. The van der Waals surface area contributed by atoms with Gasteiger partial charge in [-0.05, 0) is 12.8 Å². The molecule has 0 saturated carbocycles. The van der Waals surface area contributed by atoms with Crippen LogP contribution in [0.25, 0.3) is 0 Å². The number of rotatable bonds is 0. The molecular formula is C6H12O3. The van der Waals surface area contributed by atoms with Gasteiger partial charge in [-0.2, -0.15) is 0 Å². The summed E-state index contributed by atoms with van der Waals surface area (Å²) in [6.45, 7) is 1.90. The van der Waals surface area contributed by atoms with E-state index in [1.165, 1.54) is 0 Å². The normalized spacial score (nSPS) is 45.0. The van der Waals surface area contributed by atoms with Crippen LogP contribution in [0.5, 0.6) is 0 Å². The Balaban J connectivity index is 2.35. The SMILES string of the molecule is CC1CC[C@@H](O)OC1O. The lowest BCUT2D eigenvalue weighted by Crippen LogP contribution is -2.33. The molecule has 2 N–H and O–H groups in total. The summed E-state index contributed by atoms with van der Waals surface area (Å²) < 4.78 is 4.71. The van der Waals surface area contributed by atoms with E-state index in [1.54, 1.807) is 0 Å². The van der Waals surface area contributed by atoms with E-state index >= 15 is 0 Å². The first-order valence-corrected chi connectivity index (χ1v) is 3.21. The van der Waals surface area contributed by atoms with Crippen LogP contribution < -0.4 is 0 Å². The lowest BCUT2D eigenvalue weighted by Gasteiger charge is -2.28. The molecule has 0 amide bonds. The standard InChI is InChI=1S/C6H12O3/c1-4-2-3-5(7)9-6(4)8/h4-8H,2-3H2,1H3/t4?,5-,6?/m0/s1. The van der Waals surface area contributed by atoms with Crippen molar-refractivity contribution in [1.29, 1.82) is 0 Å². The fourth-order valence-corrected chi connectivity index (χ4v) is 0.911. The van der Waals surface area contributed by atoms with Gasteiger partial charge in [-0.1, -0.05) is 6.92 Å². The Hall–Kier alpha value is -0.120. The van der Waals surface area contributed by atoms with Crippen molar-refractivity contribution < 1.29 is 14.9 Å². The Bertz CT molecular complexity index is 94.3. The Kier molecular flexibility index (Phi) is 2.05. The van der Waals surface area contributed by atoms with Crippen LogP contribution in [0.1, 0.15) is 19.8 Å². The van der Waals surface area contributed by atoms with Crippen molar-refractivity contribution in [1.82, 2.24) is 0 Å². The van der Waals surface area contributed by atoms with Crippen LogP contribution in [-0.4, -0.2) is 22.8 Å². The molecule has 3 nitrogen and oxygen atoms in total. The minimum absolute atomic E-state index is 0.161. The summed E-state index contributed by atoms with van der Waals surface area (Å²) in [7, 11) is 0. The minimum Gasteiger partial charge on any atom is -0.368 e. The highest BCUT2D eigenvalue weighted by Crippen LogP contribution is 2.21. The minimum atomic E-state index is -0.770. The van der Waals surface area contributed by atoms with E-state index in [4.69, 9.17) is 14.9 Å². The zero-order chi connectivity index (χ0) is 6.85. The molecule has 1 rings (SSSR count). The zero-order valence-electron chi connectivity index (χ0n) is 5.45. The molecule has 1 fully saturated rings. The molecule has 0 aliphatic carbocycles. The number of ether oxygens (including phenoxy) is 1. The zero-order valence-corrected chi connectivity index (χ0v) is 5.45. The summed E-state index contributed by atoms with van der Waals surface area (Å²) in [5.74, 6) is 0.161. The maximum atomic E-state index is 8.97. The van der Waals surface area contributed by atoms with Gasteiger partial charge >= 0.3 is 0 Å². The maximum Gasteiger partial charge on any atom is 0.160 e. The highest BCUT2D eigenvalue weighted by Gasteiger charge is 2.24. The van der Waals surface area contributed by atoms with Gasteiger partial charge in [0.2, 0.25) is 0 Å². The third-order valence-electron chi connectivity index (χ3n) is 1.65. The fraction of sp³-hybridized carbons (Fsp3) is 1.00. The monoisotopic (exact) mass is 132 g/mol. The summed E-state index contributed by atoms with van der Waals surface area (Å²) in [6, 6.07) is 0. The van der Waals surface area contributed by atoms with Crippen molar-refractivity contribution in [3.63, 3.8) is 0 Å². The molecule has 0 aromatic heterocycles. The smallest absolute Gasteiger partial charge is 0.160 e. The Labute approximate surface area is 54.3 Å². The molecule has 9 heavy (non-hydrogen) atoms. The topological polar surface area (TPSA) is 49.7 Å². The van der Waals surface area contributed by atoms with Crippen LogP contribution in [-0.2, 0) is 4.74 Å². The van der Waals surface area contributed by atoms with Gasteiger partial charge in [0.15, 0.2) is 12.6 Å². The van der Waals surface area contributed by atoms with Gasteiger partial charge < -0.3 is 14.9 Å². The molecule has 0 aromatic carbocycles. The van der Waals surface area contributed by atoms with Gasteiger partial charge in [-0.25, -0.2) is 0 Å². The molecule has 1 heterocycles. The first kappa shape index (κ1) is 6.99. The maximum absolute atomic E-state index is 8.97. The lowest BCUT2D eigenvalue weighted by molar-refractivity contribution is -0.251. The van der Waals surface area contributed by atoms with Crippen LogP contribution in [0.4, 0.5) is 0 Å². The number of hydrogen-bond donors (Lipinski definition) is 2. The summed E-state index contributed by atoms with van der Waals surface area (Å²) in [5.41, 5.74) is 0. The summed E-state index contributed by atoms with van der Waals surface area (Å²) in [4.78, 5) is 0. The summed E-state index contributed by atoms with van der Waals surface area (Å²) in [6.07, 6.45) is -0.0504. The second kappa shape index (κ2) is 2.64. The molecule has 2 unspecified atom stereocenters. The lowest BCUT2D eigenvalue weighted by atomic mass is 10.0. The second-order valence-corrected chi connectivity index (χ2v) is 2.54. The van der Waals surface area contributed by atoms with Gasteiger partial charge in [-0.3, -0.25) is 0 Å². The number of aliphatic hydroxyl groups excluding tert-OH is 2. The predicted octanol–water partition coefficient (Wildman–Crippen LogP) is 0.0697. The number of hydrogen-bond acceptors (Lipinski definition) is 3. The van der Waals surface area contributed by atoms with Crippen molar-refractivity contribution in [3.8, 4) is 0 Å². The summed E-state index contributed by atoms with van der Waals surface area (Å²) >= 11 is 0. The molecule has 1 saturated heterocycles. The molecular weight excluding hydrogens is 120 g/mol. The van der Waals surface area contributed by atoms with Crippen LogP contribution in [0.15, 0.2) is 0 Å². The van der Waals surface area contributed by atoms with Crippen LogP contribution in [0, 0.1) is 5.92 Å². The van der Waals surface area contributed by atoms with Gasteiger partial charge in [0.1, 0.15) is 0 Å². The Morgan fingerprint density at radius 3 is 2.44 bits per heavy atom. The first-order chi connectivity index (χ1) is 4.20. The summed E-state index contributed by atoms with van der Waals surface area (Å²) in [5, 5.41) is 17.8. The molecule has 0 spiro atoms.